The van der Waals surface area contributed by atoms with Gasteiger partial charge in [-0.15, -0.1) is 11.3 Å². The lowest BCUT2D eigenvalue weighted by molar-refractivity contribution is -0.126. The number of aromatic nitrogens is 1. The molecule has 5 nitrogen and oxygen atoms in total. The van der Waals surface area contributed by atoms with Gasteiger partial charge in [0.25, 0.3) is 0 Å². The summed E-state index contributed by atoms with van der Waals surface area (Å²) in [5.41, 5.74) is 3.17. The van der Waals surface area contributed by atoms with Gasteiger partial charge < -0.3 is 10.6 Å². The molecule has 2 N–H and O–H groups in total. The lowest BCUT2D eigenvalue weighted by Gasteiger charge is -2.22. The second-order valence-corrected chi connectivity index (χ2v) is 7.66. The average molecular weight is 372 g/mol. The Labute approximate surface area is 158 Å². The number of nitrogens with zero attached hydrogens (tertiary/aromatic N) is 1. The number of benzene rings is 1. The number of anilines is 1. The van der Waals surface area contributed by atoms with Crippen molar-refractivity contribution in [1.82, 2.24) is 10.3 Å². The molecule has 0 bridgehead atoms. The van der Waals surface area contributed by atoms with E-state index in [1.54, 1.807) is 0 Å². The van der Waals surface area contributed by atoms with Gasteiger partial charge in [0.05, 0.1) is 5.69 Å². The number of hydrogen-bond donors (Lipinski definition) is 2. The third-order valence-electron chi connectivity index (χ3n) is 4.90. The van der Waals surface area contributed by atoms with Gasteiger partial charge in [-0.3, -0.25) is 9.59 Å². The number of thiazole rings is 1. The summed E-state index contributed by atoms with van der Waals surface area (Å²) >= 11 is 1.41. The third kappa shape index (κ3) is 4.49. The van der Waals surface area contributed by atoms with Crippen molar-refractivity contribution in [2.24, 2.45) is 5.92 Å². The van der Waals surface area contributed by atoms with Gasteiger partial charge in [-0.25, -0.2) is 4.98 Å². The Morgan fingerprint density at radius 3 is 2.54 bits per heavy atom. The van der Waals surface area contributed by atoms with E-state index in [1.165, 1.54) is 23.8 Å². The SMILES string of the molecule is CCc1ccc(-c2csc(NC(=O)C(NC(C)=O)C3CCCC3)n2)cc1. The van der Waals surface area contributed by atoms with Crippen LogP contribution in [-0.2, 0) is 16.0 Å². The zero-order chi connectivity index (χ0) is 18.5. The van der Waals surface area contributed by atoms with Crippen molar-refractivity contribution >= 4 is 28.3 Å². The Kier molecular flexibility index (Phi) is 6.04. The van der Waals surface area contributed by atoms with E-state index in [0.717, 1.165) is 43.4 Å². The minimum absolute atomic E-state index is 0.172. The van der Waals surface area contributed by atoms with Gasteiger partial charge in [-0.05, 0) is 30.7 Å². The summed E-state index contributed by atoms with van der Waals surface area (Å²) in [5, 5.41) is 8.22. The molecule has 0 aliphatic heterocycles. The Bertz CT molecular complexity index is 764. The predicted molar refractivity (Wildman–Crippen MR) is 105 cm³/mol. The molecule has 1 fully saturated rings. The highest BCUT2D eigenvalue weighted by atomic mass is 32.1. The quantitative estimate of drug-likeness (QED) is 0.806. The highest BCUT2D eigenvalue weighted by Crippen LogP contribution is 2.29. The second kappa shape index (κ2) is 8.45. The van der Waals surface area contributed by atoms with Crippen molar-refractivity contribution in [3.63, 3.8) is 0 Å². The van der Waals surface area contributed by atoms with Crippen LogP contribution in [0, 0.1) is 5.92 Å². The molecule has 0 spiro atoms. The minimum Gasteiger partial charge on any atom is -0.344 e. The van der Waals surface area contributed by atoms with Crippen molar-refractivity contribution in [2.75, 3.05) is 5.32 Å². The maximum atomic E-state index is 12.7. The van der Waals surface area contributed by atoms with Crippen LogP contribution in [0.4, 0.5) is 5.13 Å². The van der Waals surface area contributed by atoms with E-state index in [1.807, 2.05) is 5.38 Å². The molecule has 1 heterocycles. The molecule has 1 saturated carbocycles. The van der Waals surface area contributed by atoms with Gasteiger partial charge in [0.1, 0.15) is 6.04 Å². The van der Waals surface area contributed by atoms with Crippen molar-refractivity contribution in [2.45, 2.75) is 52.0 Å². The normalized spacial score (nSPS) is 15.6. The zero-order valence-corrected chi connectivity index (χ0v) is 16.1. The first kappa shape index (κ1) is 18.6. The molecule has 1 aromatic heterocycles. The van der Waals surface area contributed by atoms with Crippen LogP contribution in [0.15, 0.2) is 29.6 Å². The van der Waals surface area contributed by atoms with E-state index in [-0.39, 0.29) is 17.7 Å². The Hall–Kier alpha value is -2.21. The van der Waals surface area contributed by atoms with E-state index in [0.29, 0.717) is 5.13 Å². The van der Waals surface area contributed by atoms with Gasteiger partial charge in [-0.1, -0.05) is 44.0 Å². The van der Waals surface area contributed by atoms with Crippen molar-refractivity contribution < 1.29 is 9.59 Å². The number of carbonyl (C=O) groups is 2. The van der Waals surface area contributed by atoms with E-state index < -0.39 is 6.04 Å². The van der Waals surface area contributed by atoms with E-state index in [2.05, 4.69) is 46.8 Å². The van der Waals surface area contributed by atoms with Crippen molar-refractivity contribution in [1.29, 1.82) is 0 Å². The fourth-order valence-electron chi connectivity index (χ4n) is 3.47. The first-order valence-corrected chi connectivity index (χ1v) is 10.1. The average Bonchev–Trinajstić information content (AvgIpc) is 3.31. The third-order valence-corrected chi connectivity index (χ3v) is 5.66. The van der Waals surface area contributed by atoms with Crippen LogP contribution >= 0.6 is 11.3 Å². The number of hydrogen-bond acceptors (Lipinski definition) is 4. The number of aryl methyl sites for hydroxylation is 1. The Morgan fingerprint density at radius 2 is 1.92 bits per heavy atom. The fraction of sp³-hybridized carbons (Fsp3) is 0.450. The number of carbonyl (C=O) groups excluding carboxylic acids is 2. The molecule has 6 heteroatoms. The fourth-order valence-corrected chi connectivity index (χ4v) is 4.19. The van der Waals surface area contributed by atoms with Crippen molar-refractivity contribution in [3.8, 4) is 11.3 Å². The molecule has 138 valence electrons. The van der Waals surface area contributed by atoms with Gasteiger partial charge >= 0.3 is 0 Å². The molecular formula is C20H25N3O2S. The van der Waals surface area contributed by atoms with E-state index in [9.17, 15) is 9.59 Å². The van der Waals surface area contributed by atoms with Crippen LogP contribution in [-0.4, -0.2) is 22.8 Å². The minimum atomic E-state index is -0.480. The second-order valence-electron chi connectivity index (χ2n) is 6.80. The lowest BCUT2D eigenvalue weighted by atomic mass is 9.97. The highest BCUT2D eigenvalue weighted by molar-refractivity contribution is 7.14. The molecule has 0 radical (unpaired) electrons. The smallest absolute Gasteiger partial charge is 0.249 e. The van der Waals surface area contributed by atoms with E-state index in [4.69, 9.17) is 0 Å². The zero-order valence-electron chi connectivity index (χ0n) is 15.2. The summed E-state index contributed by atoms with van der Waals surface area (Å²) in [6.07, 6.45) is 5.19. The molecule has 0 saturated heterocycles. The molecule has 1 aromatic carbocycles. The van der Waals surface area contributed by atoms with E-state index >= 15 is 0 Å². The van der Waals surface area contributed by atoms with Crippen LogP contribution in [0.3, 0.4) is 0 Å². The molecule has 3 rings (SSSR count). The van der Waals surface area contributed by atoms with Crippen LogP contribution in [0.5, 0.6) is 0 Å². The van der Waals surface area contributed by atoms with Crippen LogP contribution in [0.25, 0.3) is 11.3 Å². The summed E-state index contributed by atoms with van der Waals surface area (Å²) in [6.45, 7) is 3.58. The molecule has 2 aromatic rings. The number of nitrogens with one attached hydrogen (secondary N) is 2. The summed E-state index contributed by atoms with van der Waals surface area (Å²) in [5.74, 6) is -0.137. The van der Waals surface area contributed by atoms with Gasteiger partial charge in [0.15, 0.2) is 5.13 Å². The molecular weight excluding hydrogens is 346 g/mol. The molecule has 2 amide bonds. The maximum Gasteiger partial charge on any atom is 0.249 e. The van der Waals surface area contributed by atoms with Gasteiger partial charge in [0, 0.05) is 17.9 Å². The van der Waals surface area contributed by atoms with Crippen molar-refractivity contribution in [3.05, 3.63) is 35.2 Å². The highest BCUT2D eigenvalue weighted by Gasteiger charge is 2.31. The van der Waals surface area contributed by atoms with Gasteiger partial charge in [-0.2, -0.15) is 0 Å². The molecule has 1 aliphatic rings. The molecule has 1 aliphatic carbocycles. The van der Waals surface area contributed by atoms with Crippen LogP contribution in [0.2, 0.25) is 0 Å². The van der Waals surface area contributed by atoms with Crippen LogP contribution < -0.4 is 10.6 Å². The molecule has 1 unspecified atom stereocenters. The Morgan fingerprint density at radius 1 is 1.23 bits per heavy atom. The lowest BCUT2D eigenvalue weighted by Crippen LogP contribution is -2.47. The van der Waals surface area contributed by atoms with Crippen LogP contribution in [0.1, 0.15) is 45.1 Å². The maximum absolute atomic E-state index is 12.7. The molecule has 26 heavy (non-hydrogen) atoms. The van der Waals surface area contributed by atoms with Gasteiger partial charge in [0.2, 0.25) is 11.8 Å². The first-order valence-electron chi connectivity index (χ1n) is 9.19. The predicted octanol–water partition coefficient (Wildman–Crippen LogP) is 4.01. The first-order chi connectivity index (χ1) is 12.6. The standard InChI is InChI=1S/C20H25N3O2S/c1-3-14-8-10-15(11-9-14)17-12-26-20(22-17)23-19(25)18(21-13(2)24)16-6-4-5-7-16/h8-12,16,18H,3-7H2,1-2H3,(H,21,24)(H,22,23,25). The summed E-state index contributed by atoms with van der Waals surface area (Å²) in [6, 6.07) is 7.82. The summed E-state index contributed by atoms with van der Waals surface area (Å²) in [4.78, 5) is 28.7. The monoisotopic (exact) mass is 371 g/mol. The number of amides is 2. The summed E-state index contributed by atoms with van der Waals surface area (Å²) < 4.78 is 0. The largest absolute Gasteiger partial charge is 0.344 e. The summed E-state index contributed by atoms with van der Waals surface area (Å²) in [7, 11) is 0. The topological polar surface area (TPSA) is 71.1 Å². The number of rotatable bonds is 6. The molecule has 1 atom stereocenters. The Balaban J connectivity index is 1.69.